The second-order valence-corrected chi connectivity index (χ2v) is 11.1. The first-order chi connectivity index (χ1) is 13.9. The summed E-state index contributed by atoms with van der Waals surface area (Å²) in [4.78, 5) is 18.8. The van der Waals surface area contributed by atoms with Gasteiger partial charge >= 0.3 is 0 Å². The second kappa shape index (κ2) is 8.50. The van der Waals surface area contributed by atoms with E-state index in [4.69, 9.17) is 11.6 Å². The maximum absolute atomic E-state index is 12.5. The summed E-state index contributed by atoms with van der Waals surface area (Å²) in [6, 6.07) is 17.0. The number of sulfone groups is 1. The molecule has 0 aliphatic carbocycles. The van der Waals surface area contributed by atoms with Gasteiger partial charge in [-0.2, -0.15) is 4.99 Å². The molecule has 2 atom stereocenters. The van der Waals surface area contributed by atoms with E-state index in [-0.39, 0.29) is 28.7 Å². The molecule has 8 heteroatoms. The van der Waals surface area contributed by atoms with Crippen molar-refractivity contribution in [3.05, 3.63) is 65.2 Å². The Morgan fingerprint density at radius 2 is 1.83 bits per heavy atom. The summed E-state index contributed by atoms with van der Waals surface area (Å²) >= 11 is 7.39. The average Bonchev–Trinajstić information content (AvgIpc) is 3.14. The van der Waals surface area contributed by atoms with Gasteiger partial charge in [-0.15, -0.1) is 0 Å². The van der Waals surface area contributed by atoms with Crippen molar-refractivity contribution < 1.29 is 13.2 Å². The summed E-state index contributed by atoms with van der Waals surface area (Å²) in [5.41, 5.74) is 2.01. The fourth-order valence-electron chi connectivity index (χ4n) is 3.72. The van der Waals surface area contributed by atoms with Gasteiger partial charge in [-0.1, -0.05) is 53.7 Å². The van der Waals surface area contributed by atoms with E-state index in [0.717, 1.165) is 18.5 Å². The van der Waals surface area contributed by atoms with Crippen LogP contribution in [-0.2, 0) is 21.1 Å². The first-order valence-corrected chi connectivity index (χ1v) is 12.6. The van der Waals surface area contributed by atoms with Gasteiger partial charge in [0.05, 0.1) is 17.5 Å². The average molecular weight is 449 g/mol. The predicted octanol–water partition coefficient (Wildman–Crippen LogP) is 3.96. The normalized spacial score (nSPS) is 24.0. The minimum Gasteiger partial charge on any atom is -0.316 e. The Bertz CT molecular complexity index is 1020. The number of hydrogen-bond acceptors (Lipinski definition) is 4. The van der Waals surface area contributed by atoms with Crippen molar-refractivity contribution in [2.75, 3.05) is 16.4 Å². The summed E-state index contributed by atoms with van der Waals surface area (Å²) in [5, 5.41) is 1.08. The third-order valence-corrected chi connectivity index (χ3v) is 8.55. The minimum absolute atomic E-state index is 0.0779. The van der Waals surface area contributed by atoms with Gasteiger partial charge in [-0.3, -0.25) is 4.79 Å². The number of benzene rings is 2. The number of fused-ring (bicyclic) bond motifs is 1. The summed E-state index contributed by atoms with van der Waals surface area (Å²) in [6.07, 6.45) is 1.92. The van der Waals surface area contributed by atoms with Crippen LogP contribution in [0.4, 0.5) is 5.69 Å². The molecule has 2 aromatic carbocycles. The number of halogens is 1. The number of aliphatic imine (C=N–C) groups is 1. The molecular formula is C21H21ClN2O3S2. The number of amidine groups is 1. The molecule has 152 valence electrons. The predicted molar refractivity (Wildman–Crippen MR) is 120 cm³/mol. The zero-order valence-corrected chi connectivity index (χ0v) is 18.1. The van der Waals surface area contributed by atoms with Crippen LogP contribution in [0.15, 0.2) is 59.6 Å². The number of hydrogen-bond donors (Lipinski definition) is 0. The van der Waals surface area contributed by atoms with E-state index in [1.54, 1.807) is 12.1 Å². The number of nitrogens with zero attached hydrogens (tertiary/aromatic N) is 2. The molecular weight excluding hydrogens is 428 g/mol. The van der Waals surface area contributed by atoms with Gasteiger partial charge < -0.3 is 4.90 Å². The smallest absolute Gasteiger partial charge is 0.248 e. The van der Waals surface area contributed by atoms with Crippen LogP contribution in [0.5, 0.6) is 0 Å². The highest BCUT2D eigenvalue weighted by atomic mass is 35.5. The summed E-state index contributed by atoms with van der Waals surface area (Å²) in [7, 11) is -3.08. The Kier molecular flexibility index (Phi) is 5.99. The first-order valence-electron chi connectivity index (χ1n) is 9.49. The molecule has 0 aromatic heterocycles. The van der Waals surface area contributed by atoms with Crippen LogP contribution in [0.2, 0.25) is 5.02 Å². The lowest BCUT2D eigenvalue weighted by molar-refractivity contribution is -0.117. The maximum atomic E-state index is 12.5. The van der Waals surface area contributed by atoms with Crippen molar-refractivity contribution in [1.82, 2.24) is 0 Å². The minimum atomic E-state index is -3.08. The topological polar surface area (TPSA) is 66.8 Å². The highest BCUT2D eigenvalue weighted by Crippen LogP contribution is 2.41. The van der Waals surface area contributed by atoms with Gasteiger partial charge in [0, 0.05) is 22.4 Å². The van der Waals surface area contributed by atoms with Gasteiger partial charge in [0.1, 0.15) is 0 Å². The number of carbonyl (C=O) groups is 1. The zero-order valence-electron chi connectivity index (χ0n) is 15.7. The molecule has 0 radical (unpaired) electrons. The van der Waals surface area contributed by atoms with E-state index in [2.05, 4.69) is 4.99 Å². The highest BCUT2D eigenvalue weighted by Gasteiger charge is 2.49. The van der Waals surface area contributed by atoms with E-state index in [1.165, 1.54) is 17.3 Å². The molecule has 2 aromatic rings. The van der Waals surface area contributed by atoms with Crippen molar-refractivity contribution in [3.8, 4) is 0 Å². The number of rotatable bonds is 5. The van der Waals surface area contributed by atoms with Gasteiger partial charge in [0.25, 0.3) is 0 Å². The van der Waals surface area contributed by atoms with Crippen molar-refractivity contribution in [2.24, 2.45) is 4.99 Å². The lowest BCUT2D eigenvalue weighted by Gasteiger charge is -2.24. The number of carbonyl (C=O) groups excluding carboxylic acids is 1. The SMILES string of the molecule is O=C(CCCc1ccccc1)N=C1S[C@@H]2CS(=O)(=O)C[C@@H]2N1c1ccc(Cl)cc1. The van der Waals surface area contributed by atoms with Crippen LogP contribution in [0.3, 0.4) is 0 Å². The van der Waals surface area contributed by atoms with Gasteiger partial charge in [0.15, 0.2) is 15.0 Å². The summed E-state index contributed by atoms with van der Waals surface area (Å²) in [5.74, 6) is 0.0209. The Labute approximate surface area is 180 Å². The van der Waals surface area contributed by atoms with Crippen LogP contribution in [-0.4, -0.2) is 42.3 Å². The molecule has 5 nitrogen and oxygen atoms in total. The molecule has 1 amide bonds. The van der Waals surface area contributed by atoms with E-state index < -0.39 is 9.84 Å². The first kappa shape index (κ1) is 20.4. The number of thioether (sulfide) groups is 1. The molecule has 0 N–H and O–H groups in total. The van der Waals surface area contributed by atoms with E-state index in [1.807, 2.05) is 47.4 Å². The summed E-state index contributed by atoms with van der Waals surface area (Å²) in [6.45, 7) is 0. The highest BCUT2D eigenvalue weighted by molar-refractivity contribution is 8.16. The number of amides is 1. The van der Waals surface area contributed by atoms with Crippen molar-refractivity contribution in [1.29, 1.82) is 0 Å². The maximum Gasteiger partial charge on any atom is 0.248 e. The number of anilines is 1. The van der Waals surface area contributed by atoms with Crippen LogP contribution in [0.25, 0.3) is 0 Å². The Morgan fingerprint density at radius 3 is 2.55 bits per heavy atom. The van der Waals surface area contributed by atoms with Crippen molar-refractivity contribution >= 4 is 50.0 Å². The van der Waals surface area contributed by atoms with Crippen molar-refractivity contribution in [2.45, 2.75) is 30.6 Å². The Balaban J connectivity index is 1.50. The quantitative estimate of drug-likeness (QED) is 0.692. The van der Waals surface area contributed by atoms with Crippen molar-refractivity contribution in [3.63, 3.8) is 0 Å². The van der Waals surface area contributed by atoms with E-state index in [9.17, 15) is 13.2 Å². The van der Waals surface area contributed by atoms with Crippen LogP contribution >= 0.6 is 23.4 Å². The molecule has 29 heavy (non-hydrogen) atoms. The fraction of sp³-hybridized carbons (Fsp3) is 0.333. The molecule has 2 fully saturated rings. The molecule has 0 saturated carbocycles. The molecule has 0 unspecified atom stereocenters. The lowest BCUT2D eigenvalue weighted by atomic mass is 10.1. The van der Waals surface area contributed by atoms with Gasteiger partial charge in [-0.25, -0.2) is 8.42 Å². The molecule has 2 saturated heterocycles. The molecule has 0 spiro atoms. The molecule has 0 bridgehead atoms. The second-order valence-electron chi connectivity index (χ2n) is 7.27. The Morgan fingerprint density at radius 1 is 1.10 bits per heavy atom. The summed E-state index contributed by atoms with van der Waals surface area (Å²) < 4.78 is 24.2. The number of aryl methyl sites for hydroxylation is 1. The zero-order chi connectivity index (χ0) is 20.4. The molecule has 2 heterocycles. The van der Waals surface area contributed by atoms with Crippen LogP contribution in [0, 0.1) is 0 Å². The molecule has 4 rings (SSSR count). The third-order valence-electron chi connectivity index (χ3n) is 5.09. The monoisotopic (exact) mass is 448 g/mol. The van der Waals surface area contributed by atoms with Crippen LogP contribution < -0.4 is 4.90 Å². The van der Waals surface area contributed by atoms with E-state index >= 15 is 0 Å². The largest absolute Gasteiger partial charge is 0.316 e. The van der Waals surface area contributed by atoms with Gasteiger partial charge in [0.2, 0.25) is 5.91 Å². The lowest BCUT2D eigenvalue weighted by Crippen LogP contribution is -2.37. The van der Waals surface area contributed by atoms with Gasteiger partial charge in [-0.05, 0) is 42.7 Å². The fourth-order valence-corrected chi connectivity index (χ4v) is 7.78. The Hall–Kier alpha value is -1.83. The van der Waals surface area contributed by atoms with Crippen LogP contribution in [0.1, 0.15) is 18.4 Å². The molecule has 2 aliphatic heterocycles. The molecule has 2 aliphatic rings. The third kappa shape index (κ3) is 4.85. The van der Waals surface area contributed by atoms with E-state index in [0.29, 0.717) is 16.6 Å². The standard InChI is InChI=1S/C21H21ClN2O3S2/c22-16-9-11-17(12-10-16)24-18-13-29(26,27)14-19(18)28-21(24)23-20(25)8-4-7-15-5-2-1-3-6-15/h1-3,5-6,9-12,18-19H,4,7-8,13-14H2/t18-,19+/m0/s1.